The van der Waals surface area contributed by atoms with Gasteiger partial charge in [-0.3, -0.25) is 0 Å². The average Bonchev–Trinajstić information content (AvgIpc) is 2.30. The molecule has 2 aliphatic rings. The summed E-state index contributed by atoms with van der Waals surface area (Å²) in [5.41, 5.74) is 6.18. The number of nitrogens with two attached hydrogens (primary N) is 1. The highest BCUT2D eigenvalue weighted by Crippen LogP contribution is 2.57. The van der Waals surface area contributed by atoms with Crippen molar-refractivity contribution in [2.24, 2.45) is 16.6 Å². The van der Waals surface area contributed by atoms with Crippen molar-refractivity contribution in [3.05, 3.63) is 0 Å². The zero-order chi connectivity index (χ0) is 12.6. The number of rotatable bonds is 2. The molecule has 0 aromatic carbocycles. The summed E-state index contributed by atoms with van der Waals surface area (Å²) in [6.07, 6.45) is 7.46. The van der Waals surface area contributed by atoms with Gasteiger partial charge in [0.1, 0.15) is 0 Å². The first-order valence-corrected chi connectivity index (χ1v) is 7.01. The third kappa shape index (κ3) is 2.35. The van der Waals surface area contributed by atoms with E-state index in [0.29, 0.717) is 19.4 Å². The van der Waals surface area contributed by atoms with Crippen molar-refractivity contribution in [3.63, 3.8) is 0 Å². The zero-order valence-corrected chi connectivity index (χ0v) is 10.9. The molecule has 0 radical (unpaired) electrons. The quantitative estimate of drug-likeness (QED) is 0.778. The molecule has 0 unspecified atom stereocenters. The van der Waals surface area contributed by atoms with Crippen molar-refractivity contribution >= 4 is 0 Å². The van der Waals surface area contributed by atoms with Gasteiger partial charge in [0.25, 0.3) is 0 Å². The van der Waals surface area contributed by atoms with Crippen LogP contribution in [0.1, 0.15) is 64.7 Å². The molecule has 2 saturated carbocycles. The Morgan fingerprint density at radius 3 is 1.88 bits per heavy atom. The van der Waals surface area contributed by atoms with Gasteiger partial charge < -0.3 is 5.73 Å². The molecule has 0 spiro atoms. The van der Waals surface area contributed by atoms with Crippen molar-refractivity contribution < 1.29 is 8.78 Å². The van der Waals surface area contributed by atoms with Crippen LogP contribution in [-0.4, -0.2) is 12.5 Å². The Hall–Kier alpha value is -0.180. The Morgan fingerprint density at radius 2 is 1.41 bits per heavy atom. The number of hydrogen-bond acceptors (Lipinski definition) is 1. The molecule has 0 heterocycles. The summed E-state index contributed by atoms with van der Waals surface area (Å²) >= 11 is 0. The number of alkyl halides is 2. The van der Waals surface area contributed by atoms with Crippen LogP contribution in [0.15, 0.2) is 0 Å². The van der Waals surface area contributed by atoms with Crippen LogP contribution in [0, 0.1) is 10.8 Å². The summed E-state index contributed by atoms with van der Waals surface area (Å²) in [5, 5.41) is 0. The monoisotopic (exact) mass is 245 g/mol. The summed E-state index contributed by atoms with van der Waals surface area (Å²) in [7, 11) is 0. The van der Waals surface area contributed by atoms with Crippen molar-refractivity contribution in [2.75, 3.05) is 6.54 Å². The molecule has 0 aliphatic heterocycles. The Kier molecular flexibility index (Phi) is 3.50. The fourth-order valence-corrected chi connectivity index (χ4v) is 4.01. The molecule has 2 fully saturated rings. The molecule has 2 N–H and O–H groups in total. The van der Waals surface area contributed by atoms with Gasteiger partial charge in [0.2, 0.25) is 5.92 Å². The van der Waals surface area contributed by atoms with Crippen molar-refractivity contribution in [3.8, 4) is 0 Å². The number of halogens is 2. The Morgan fingerprint density at radius 1 is 0.882 bits per heavy atom. The molecule has 0 atom stereocenters. The highest BCUT2D eigenvalue weighted by molar-refractivity contribution is 5.01. The first kappa shape index (κ1) is 13.3. The van der Waals surface area contributed by atoms with Crippen LogP contribution in [0.2, 0.25) is 0 Å². The van der Waals surface area contributed by atoms with Gasteiger partial charge in [-0.25, -0.2) is 8.78 Å². The lowest BCUT2D eigenvalue weighted by molar-refractivity contribution is -0.107. The number of hydrogen-bond donors (Lipinski definition) is 1. The lowest BCUT2D eigenvalue weighted by Gasteiger charge is -2.53. The van der Waals surface area contributed by atoms with E-state index >= 15 is 0 Å². The van der Waals surface area contributed by atoms with E-state index in [4.69, 9.17) is 5.73 Å². The van der Waals surface area contributed by atoms with E-state index in [1.807, 2.05) is 0 Å². The standard InChI is InChI=1S/C14H25F2N/c1-12(5-3-2-4-6-12)13(11-17)7-9-14(15,16)10-8-13/h2-11,17H2,1H3. The smallest absolute Gasteiger partial charge is 0.248 e. The summed E-state index contributed by atoms with van der Waals surface area (Å²) in [6, 6.07) is 0. The molecule has 1 nitrogen and oxygen atoms in total. The van der Waals surface area contributed by atoms with E-state index in [-0.39, 0.29) is 23.7 Å². The van der Waals surface area contributed by atoms with Gasteiger partial charge in [-0.05, 0) is 43.1 Å². The molecule has 2 rings (SSSR count). The highest BCUT2D eigenvalue weighted by atomic mass is 19.3. The van der Waals surface area contributed by atoms with Crippen LogP contribution in [0.3, 0.4) is 0 Å². The first-order chi connectivity index (χ1) is 7.93. The lowest BCUT2D eigenvalue weighted by Crippen LogP contribution is -2.50. The van der Waals surface area contributed by atoms with Crippen LogP contribution in [0.4, 0.5) is 8.78 Å². The fraction of sp³-hybridized carbons (Fsp3) is 1.00. The predicted molar refractivity (Wildman–Crippen MR) is 66.1 cm³/mol. The van der Waals surface area contributed by atoms with E-state index in [1.54, 1.807) is 0 Å². The Bertz CT molecular complexity index is 259. The molecular weight excluding hydrogens is 220 g/mol. The molecule has 0 aromatic heterocycles. The van der Waals surface area contributed by atoms with Crippen LogP contribution >= 0.6 is 0 Å². The lowest BCUT2D eigenvalue weighted by atomic mass is 9.53. The van der Waals surface area contributed by atoms with Gasteiger partial charge in [-0.1, -0.05) is 26.2 Å². The topological polar surface area (TPSA) is 26.0 Å². The summed E-state index contributed by atoms with van der Waals surface area (Å²) < 4.78 is 26.7. The first-order valence-electron chi connectivity index (χ1n) is 7.01. The molecule has 2 aliphatic carbocycles. The van der Waals surface area contributed by atoms with E-state index in [1.165, 1.54) is 32.1 Å². The van der Waals surface area contributed by atoms with Gasteiger partial charge in [-0.2, -0.15) is 0 Å². The van der Waals surface area contributed by atoms with Crippen LogP contribution < -0.4 is 5.73 Å². The van der Waals surface area contributed by atoms with Crippen LogP contribution in [0.5, 0.6) is 0 Å². The predicted octanol–water partition coefficient (Wildman–Crippen LogP) is 4.11. The second-order valence-corrected chi connectivity index (χ2v) is 6.46. The second kappa shape index (κ2) is 4.49. The van der Waals surface area contributed by atoms with Crippen molar-refractivity contribution in [2.45, 2.75) is 70.6 Å². The maximum Gasteiger partial charge on any atom is 0.248 e. The van der Waals surface area contributed by atoms with Gasteiger partial charge in [0.05, 0.1) is 0 Å². The molecule has 17 heavy (non-hydrogen) atoms. The molecule has 100 valence electrons. The van der Waals surface area contributed by atoms with Gasteiger partial charge in [0.15, 0.2) is 0 Å². The van der Waals surface area contributed by atoms with E-state index < -0.39 is 5.92 Å². The minimum atomic E-state index is -2.44. The normalized spacial score (nSPS) is 31.1. The van der Waals surface area contributed by atoms with E-state index in [9.17, 15) is 8.78 Å². The molecule has 0 bridgehead atoms. The Labute approximate surface area is 103 Å². The average molecular weight is 245 g/mol. The summed E-state index contributed by atoms with van der Waals surface area (Å²) in [4.78, 5) is 0. The molecule has 0 aromatic rings. The van der Waals surface area contributed by atoms with Crippen LogP contribution in [0.25, 0.3) is 0 Å². The Balaban J connectivity index is 2.14. The van der Waals surface area contributed by atoms with E-state index in [2.05, 4.69) is 6.92 Å². The third-order valence-corrected chi connectivity index (χ3v) is 5.57. The third-order valence-electron chi connectivity index (χ3n) is 5.57. The maximum atomic E-state index is 13.3. The fourth-order valence-electron chi connectivity index (χ4n) is 4.01. The highest BCUT2D eigenvalue weighted by Gasteiger charge is 2.52. The van der Waals surface area contributed by atoms with Crippen molar-refractivity contribution in [1.82, 2.24) is 0 Å². The molecule has 3 heteroatoms. The van der Waals surface area contributed by atoms with E-state index in [0.717, 1.165) is 0 Å². The van der Waals surface area contributed by atoms with Gasteiger partial charge >= 0.3 is 0 Å². The summed E-state index contributed by atoms with van der Waals surface area (Å²) in [5.74, 6) is -2.44. The second-order valence-electron chi connectivity index (χ2n) is 6.46. The van der Waals surface area contributed by atoms with Gasteiger partial charge in [0, 0.05) is 12.8 Å². The van der Waals surface area contributed by atoms with Gasteiger partial charge in [-0.15, -0.1) is 0 Å². The summed E-state index contributed by atoms with van der Waals surface area (Å²) in [6.45, 7) is 2.88. The molecular formula is C14H25F2N. The minimum absolute atomic E-state index is 0.0187. The zero-order valence-electron chi connectivity index (χ0n) is 10.9. The SMILES string of the molecule is CC1(C2(CN)CCC(F)(F)CC2)CCCCC1. The van der Waals surface area contributed by atoms with Crippen LogP contribution in [-0.2, 0) is 0 Å². The van der Waals surface area contributed by atoms with Crippen molar-refractivity contribution in [1.29, 1.82) is 0 Å². The molecule has 0 saturated heterocycles. The maximum absolute atomic E-state index is 13.3. The minimum Gasteiger partial charge on any atom is -0.330 e. The molecule has 0 amide bonds. The largest absolute Gasteiger partial charge is 0.330 e.